The molecule has 2 rings (SSSR count). The predicted octanol–water partition coefficient (Wildman–Crippen LogP) is 2.32. The molecule has 0 saturated heterocycles. The number of aromatic nitrogens is 1. The summed E-state index contributed by atoms with van der Waals surface area (Å²) < 4.78 is 5.45. The van der Waals surface area contributed by atoms with Crippen molar-refractivity contribution in [3.05, 3.63) is 42.0 Å². The highest BCUT2D eigenvalue weighted by atomic mass is 32.2. The maximum Gasteiger partial charge on any atom is 0.233 e. The minimum absolute atomic E-state index is 0.0303. The maximum absolute atomic E-state index is 12.0. The summed E-state index contributed by atoms with van der Waals surface area (Å²) in [6.07, 6.45) is 1.59. The summed E-state index contributed by atoms with van der Waals surface area (Å²) in [7, 11) is 1.76. The Morgan fingerprint density at radius 1 is 1.40 bits per heavy atom. The second-order valence-corrected chi connectivity index (χ2v) is 5.48. The molecule has 2 N–H and O–H groups in total. The topological polar surface area (TPSA) is 72.4 Å². The van der Waals surface area contributed by atoms with E-state index in [1.807, 2.05) is 25.1 Å². The van der Waals surface area contributed by atoms with Crippen LogP contribution in [0.3, 0.4) is 0 Å². The van der Waals surface area contributed by atoms with Crippen LogP contribution in [-0.2, 0) is 11.3 Å². The average Bonchev–Trinajstić information content (AvgIpc) is 2.83. The normalized spacial score (nSPS) is 10.5. The minimum Gasteiger partial charge on any atom is -0.464 e. The lowest BCUT2D eigenvalue weighted by Gasteiger charge is -2.15. The predicted molar refractivity (Wildman–Crippen MR) is 79.3 cm³/mol. The van der Waals surface area contributed by atoms with Gasteiger partial charge in [0.05, 0.1) is 29.2 Å². The highest BCUT2D eigenvalue weighted by Crippen LogP contribution is 2.17. The summed E-state index contributed by atoms with van der Waals surface area (Å²) in [5.74, 6) is 2.01. The van der Waals surface area contributed by atoms with Crippen molar-refractivity contribution in [1.29, 1.82) is 0 Å². The Balaban J connectivity index is 1.83. The molecule has 0 bridgehead atoms. The van der Waals surface area contributed by atoms with Gasteiger partial charge in [-0.05, 0) is 31.2 Å². The fourth-order valence-corrected chi connectivity index (χ4v) is 2.40. The van der Waals surface area contributed by atoms with Crippen molar-refractivity contribution in [2.75, 3.05) is 18.5 Å². The Bertz CT molecular complexity index is 580. The van der Waals surface area contributed by atoms with Crippen molar-refractivity contribution in [2.24, 2.45) is 0 Å². The molecule has 0 unspecified atom stereocenters. The molecule has 2 aromatic rings. The molecule has 0 fully saturated rings. The van der Waals surface area contributed by atoms with Crippen LogP contribution in [0.1, 0.15) is 11.5 Å². The number of pyridine rings is 1. The van der Waals surface area contributed by atoms with Gasteiger partial charge in [-0.2, -0.15) is 0 Å². The van der Waals surface area contributed by atoms with E-state index < -0.39 is 0 Å². The second-order valence-electron chi connectivity index (χ2n) is 4.48. The van der Waals surface area contributed by atoms with Crippen molar-refractivity contribution in [1.82, 2.24) is 9.88 Å². The van der Waals surface area contributed by atoms with E-state index in [2.05, 4.69) is 4.98 Å². The molecule has 0 aliphatic heterocycles. The van der Waals surface area contributed by atoms with Crippen LogP contribution in [0.25, 0.3) is 0 Å². The summed E-state index contributed by atoms with van der Waals surface area (Å²) in [5.41, 5.74) is 6.18. The van der Waals surface area contributed by atoms with Gasteiger partial charge in [-0.3, -0.25) is 4.79 Å². The van der Waals surface area contributed by atoms with Crippen LogP contribution in [0, 0.1) is 6.92 Å². The molecule has 2 aromatic heterocycles. The number of anilines is 1. The Kier molecular flexibility index (Phi) is 4.68. The monoisotopic (exact) mass is 291 g/mol. The fraction of sp³-hybridized carbons (Fsp3) is 0.286. The third kappa shape index (κ3) is 4.03. The first-order valence-electron chi connectivity index (χ1n) is 6.18. The van der Waals surface area contributed by atoms with Gasteiger partial charge >= 0.3 is 0 Å². The van der Waals surface area contributed by atoms with Crippen molar-refractivity contribution >= 4 is 23.4 Å². The third-order valence-electron chi connectivity index (χ3n) is 2.72. The van der Waals surface area contributed by atoms with Crippen LogP contribution in [0.4, 0.5) is 5.69 Å². The number of nitrogens with two attached hydrogens (primary N) is 1. The Morgan fingerprint density at radius 2 is 2.20 bits per heavy atom. The number of hydrogen-bond acceptors (Lipinski definition) is 5. The highest BCUT2D eigenvalue weighted by Gasteiger charge is 2.12. The van der Waals surface area contributed by atoms with E-state index in [4.69, 9.17) is 10.2 Å². The lowest BCUT2D eigenvalue weighted by atomic mass is 10.4. The lowest BCUT2D eigenvalue weighted by Crippen LogP contribution is -2.27. The number of thioether (sulfide) groups is 1. The van der Waals surface area contributed by atoms with Gasteiger partial charge < -0.3 is 15.1 Å². The van der Waals surface area contributed by atoms with Crippen molar-refractivity contribution < 1.29 is 9.21 Å². The standard InChI is InChI=1S/C14H17N3O2S/c1-10-3-5-12(19-10)8-17(2)14(18)9-20-13-6-4-11(15)7-16-13/h3-7H,8-9,15H2,1-2H3. The van der Waals surface area contributed by atoms with Gasteiger partial charge in [0, 0.05) is 7.05 Å². The van der Waals surface area contributed by atoms with Gasteiger partial charge in [0.1, 0.15) is 11.5 Å². The van der Waals surface area contributed by atoms with Gasteiger partial charge in [0.15, 0.2) is 0 Å². The second kappa shape index (κ2) is 6.47. The van der Waals surface area contributed by atoms with E-state index in [-0.39, 0.29) is 5.91 Å². The molecular formula is C14H17N3O2S. The number of carbonyl (C=O) groups excluding carboxylic acids is 1. The number of rotatable bonds is 5. The molecule has 106 valence electrons. The van der Waals surface area contributed by atoms with E-state index in [0.29, 0.717) is 18.0 Å². The third-order valence-corrected chi connectivity index (χ3v) is 3.65. The summed E-state index contributed by atoms with van der Waals surface area (Å²) >= 11 is 1.39. The number of amides is 1. The summed E-state index contributed by atoms with van der Waals surface area (Å²) in [6, 6.07) is 7.35. The largest absolute Gasteiger partial charge is 0.464 e. The van der Waals surface area contributed by atoms with Gasteiger partial charge in [0.25, 0.3) is 0 Å². The smallest absolute Gasteiger partial charge is 0.233 e. The summed E-state index contributed by atoms with van der Waals surface area (Å²) in [4.78, 5) is 17.8. The number of furan rings is 1. The van der Waals surface area contributed by atoms with Gasteiger partial charge in [0.2, 0.25) is 5.91 Å². The highest BCUT2D eigenvalue weighted by molar-refractivity contribution is 7.99. The maximum atomic E-state index is 12.0. The Morgan fingerprint density at radius 3 is 2.80 bits per heavy atom. The van der Waals surface area contributed by atoms with Crippen LogP contribution < -0.4 is 5.73 Å². The lowest BCUT2D eigenvalue weighted by molar-refractivity contribution is -0.127. The summed E-state index contributed by atoms with van der Waals surface area (Å²) in [5, 5.41) is 0.787. The van der Waals surface area contributed by atoms with E-state index in [1.54, 1.807) is 24.2 Å². The van der Waals surface area contributed by atoms with Crippen molar-refractivity contribution in [3.8, 4) is 0 Å². The first-order chi connectivity index (χ1) is 9.54. The van der Waals surface area contributed by atoms with Crippen LogP contribution in [0.5, 0.6) is 0 Å². The number of nitrogens with zero attached hydrogens (tertiary/aromatic N) is 2. The van der Waals surface area contributed by atoms with Crippen molar-refractivity contribution in [2.45, 2.75) is 18.5 Å². The first kappa shape index (κ1) is 14.5. The molecule has 2 heterocycles. The molecule has 0 radical (unpaired) electrons. The zero-order chi connectivity index (χ0) is 14.5. The van der Waals surface area contributed by atoms with Gasteiger partial charge in [-0.1, -0.05) is 11.8 Å². The fourth-order valence-electron chi connectivity index (χ4n) is 1.62. The van der Waals surface area contributed by atoms with Gasteiger partial charge in [-0.25, -0.2) is 4.98 Å². The zero-order valence-electron chi connectivity index (χ0n) is 11.5. The Labute approximate surface area is 122 Å². The minimum atomic E-state index is 0.0303. The van der Waals surface area contributed by atoms with Crippen molar-refractivity contribution in [3.63, 3.8) is 0 Å². The molecule has 0 saturated carbocycles. The van der Waals surface area contributed by atoms with Crippen LogP contribution in [0.2, 0.25) is 0 Å². The zero-order valence-corrected chi connectivity index (χ0v) is 12.3. The molecule has 0 aliphatic carbocycles. The van der Waals surface area contributed by atoms with Crippen LogP contribution in [-0.4, -0.2) is 28.6 Å². The molecule has 6 heteroatoms. The van der Waals surface area contributed by atoms with E-state index in [9.17, 15) is 4.79 Å². The molecule has 0 aromatic carbocycles. The van der Waals surface area contributed by atoms with Crippen LogP contribution in [0.15, 0.2) is 39.9 Å². The number of aryl methyl sites for hydroxylation is 1. The molecule has 0 atom stereocenters. The molecular weight excluding hydrogens is 274 g/mol. The van der Waals surface area contributed by atoms with Gasteiger partial charge in [-0.15, -0.1) is 0 Å². The summed E-state index contributed by atoms with van der Waals surface area (Å²) in [6.45, 7) is 2.36. The van der Waals surface area contributed by atoms with E-state index in [1.165, 1.54) is 11.8 Å². The molecule has 5 nitrogen and oxygen atoms in total. The van der Waals surface area contributed by atoms with E-state index >= 15 is 0 Å². The molecule has 1 amide bonds. The molecule has 0 spiro atoms. The Hall–Kier alpha value is -1.95. The molecule has 20 heavy (non-hydrogen) atoms. The van der Waals surface area contributed by atoms with Crippen LogP contribution >= 0.6 is 11.8 Å². The molecule has 0 aliphatic rings. The van der Waals surface area contributed by atoms with E-state index in [0.717, 1.165) is 16.5 Å². The average molecular weight is 291 g/mol. The number of carbonyl (C=O) groups is 1. The first-order valence-corrected chi connectivity index (χ1v) is 7.17. The number of nitrogen functional groups attached to an aromatic ring is 1. The number of hydrogen-bond donors (Lipinski definition) is 1. The quantitative estimate of drug-likeness (QED) is 0.856. The SMILES string of the molecule is Cc1ccc(CN(C)C(=O)CSc2ccc(N)cn2)o1.